The van der Waals surface area contributed by atoms with Crippen molar-refractivity contribution < 1.29 is 4.74 Å². The number of ether oxygens (including phenoxy) is 1. The van der Waals surface area contributed by atoms with Gasteiger partial charge in [-0.25, -0.2) is 0 Å². The Morgan fingerprint density at radius 1 is 1.50 bits per heavy atom. The smallest absolute Gasteiger partial charge is 0.0626 e. The minimum absolute atomic E-state index is 0.148. The molecule has 2 fully saturated rings. The molecule has 0 bridgehead atoms. The first-order valence-corrected chi connectivity index (χ1v) is 5.72. The minimum atomic E-state index is 0.148. The molecule has 3 nitrogen and oxygen atoms in total. The second kappa shape index (κ2) is 4.17. The second-order valence-corrected chi connectivity index (χ2v) is 4.98. The highest BCUT2D eigenvalue weighted by molar-refractivity contribution is 5.05. The number of nitrogens with two attached hydrogens (primary N) is 1. The Morgan fingerprint density at radius 2 is 2.21 bits per heavy atom. The highest BCUT2D eigenvalue weighted by Crippen LogP contribution is 2.60. The normalized spacial score (nSPS) is 26.1. The van der Waals surface area contributed by atoms with Gasteiger partial charge in [-0.05, 0) is 37.0 Å². The summed E-state index contributed by atoms with van der Waals surface area (Å²) in [5.41, 5.74) is 6.53. The van der Waals surface area contributed by atoms with Crippen molar-refractivity contribution in [3.05, 3.63) is 0 Å². The SMILES string of the molecule is COCC(N)CNCC1(C2CC2)CC1. The molecule has 0 aromatic rings. The van der Waals surface area contributed by atoms with Gasteiger partial charge in [-0.15, -0.1) is 0 Å². The van der Waals surface area contributed by atoms with Gasteiger partial charge in [0.25, 0.3) is 0 Å². The molecule has 1 atom stereocenters. The predicted molar refractivity (Wildman–Crippen MR) is 57.1 cm³/mol. The van der Waals surface area contributed by atoms with E-state index in [0.717, 1.165) is 12.5 Å². The van der Waals surface area contributed by atoms with Crippen LogP contribution in [0.15, 0.2) is 0 Å². The van der Waals surface area contributed by atoms with E-state index >= 15 is 0 Å². The summed E-state index contributed by atoms with van der Waals surface area (Å²) < 4.78 is 5.00. The zero-order valence-electron chi connectivity index (χ0n) is 9.09. The fourth-order valence-corrected chi connectivity index (χ4v) is 2.37. The molecule has 1 unspecified atom stereocenters. The average molecular weight is 198 g/mol. The van der Waals surface area contributed by atoms with Crippen molar-refractivity contribution in [2.24, 2.45) is 17.1 Å². The molecule has 0 heterocycles. The van der Waals surface area contributed by atoms with E-state index in [1.165, 1.54) is 32.2 Å². The molecule has 3 heteroatoms. The average Bonchev–Trinajstić information content (AvgIpc) is 3.00. The number of rotatable bonds is 7. The molecule has 0 aliphatic heterocycles. The maximum absolute atomic E-state index is 5.84. The van der Waals surface area contributed by atoms with Crippen LogP contribution in [0.2, 0.25) is 0 Å². The summed E-state index contributed by atoms with van der Waals surface area (Å²) >= 11 is 0. The van der Waals surface area contributed by atoms with Crippen LogP contribution in [0.5, 0.6) is 0 Å². The van der Waals surface area contributed by atoms with Gasteiger partial charge in [-0.2, -0.15) is 0 Å². The lowest BCUT2D eigenvalue weighted by molar-refractivity contribution is 0.178. The first kappa shape index (κ1) is 10.4. The quantitative estimate of drug-likeness (QED) is 0.634. The van der Waals surface area contributed by atoms with Crippen LogP contribution in [0.4, 0.5) is 0 Å². The van der Waals surface area contributed by atoms with Crippen LogP contribution in [0, 0.1) is 11.3 Å². The lowest BCUT2D eigenvalue weighted by Crippen LogP contribution is -2.39. The highest BCUT2D eigenvalue weighted by atomic mass is 16.5. The van der Waals surface area contributed by atoms with Gasteiger partial charge in [0.2, 0.25) is 0 Å². The first-order chi connectivity index (χ1) is 6.77. The standard InChI is InChI=1S/C11H22N2O/c1-14-7-10(12)6-13-8-11(4-5-11)9-2-3-9/h9-10,13H,2-8,12H2,1H3. The molecule has 2 aliphatic rings. The number of methoxy groups -OCH3 is 1. The summed E-state index contributed by atoms with van der Waals surface area (Å²) in [5.74, 6) is 1.04. The van der Waals surface area contributed by atoms with Gasteiger partial charge in [-0.3, -0.25) is 0 Å². The summed E-state index contributed by atoms with van der Waals surface area (Å²) in [5, 5.41) is 3.49. The van der Waals surface area contributed by atoms with Gasteiger partial charge < -0.3 is 15.8 Å². The van der Waals surface area contributed by atoms with Gasteiger partial charge in [0.15, 0.2) is 0 Å². The Labute approximate surface area is 86.4 Å². The zero-order valence-corrected chi connectivity index (χ0v) is 9.09. The lowest BCUT2D eigenvalue weighted by Gasteiger charge is -2.17. The summed E-state index contributed by atoms with van der Waals surface area (Å²) in [4.78, 5) is 0. The zero-order chi connectivity index (χ0) is 10.0. The van der Waals surface area contributed by atoms with Crippen LogP contribution < -0.4 is 11.1 Å². The van der Waals surface area contributed by atoms with Crippen molar-refractivity contribution in [1.29, 1.82) is 0 Å². The molecule has 0 amide bonds. The predicted octanol–water partition coefficient (Wildman–Crippen LogP) is 0.740. The Morgan fingerprint density at radius 3 is 2.71 bits per heavy atom. The van der Waals surface area contributed by atoms with E-state index < -0.39 is 0 Å². The summed E-state index contributed by atoms with van der Waals surface area (Å²) in [6.45, 7) is 2.72. The molecule has 2 saturated carbocycles. The summed E-state index contributed by atoms with van der Waals surface area (Å²) in [6, 6.07) is 0.148. The van der Waals surface area contributed by atoms with Crippen molar-refractivity contribution in [2.45, 2.75) is 31.7 Å². The topological polar surface area (TPSA) is 47.3 Å². The van der Waals surface area contributed by atoms with Crippen LogP contribution >= 0.6 is 0 Å². The third-order valence-corrected chi connectivity index (χ3v) is 3.60. The summed E-state index contributed by atoms with van der Waals surface area (Å²) in [6.07, 6.45) is 5.80. The van der Waals surface area contributed by atoms with Crippen molar-refractivity contribution in [3.8, 4) is 0 Å². The second-order valence-electron chi connectivity index (χ2n) is 4.98. The number of hydrogen-bond donors (Lipinski definition) is 2. The molecular weight excluding hydrogens is 176 g/mol. The van der Waals surface area contributed by atoms with E-state index in [2.05, 4.69) is 5.32 Å². The van der Waals surface area contributed by atoms with E-state index in [0.29, 0.717) is 12.0 Å². The Hall–Kier alpha value is -0.120. The van der Waals surface area contributed by atoms with Crippen LogP contribution in [0.25, 0.3) is 0 Å². The van der Waals surface area contributed by atoms with Gasteiger partial charge in [0.1, 0.15) is 0 Å². The van der Waals surface area contributed by atoms with Gasteiger partial charge in [0.05, 0.1) is 6.61 Å². The van der Waals surface area contributed by atoms with Crippen molar-refractivity contribution in [1.82, 2.24) is 5.32 Å². The molecule has 2 aliphatic carbocycles. The molecule has 0 radical (unpaired) electrons. The van der Waals surface area contributed by atoms with Crippen molar-refractivity contribution in [2.75, 3.05) is 26.8 Å². The van der Waals surface area contributed by atoms with Crippen molar-refractivity contribution in [3.63, 3.8) is 0 Å². The molecule has 3 N–H and O–H groups in total. The van der Waals surface area contributed by atoms with E-state index in [4.69, 9.17) is 10.5 Å². The van der Waals surface area contributed by atoms with Crippen LogP contribution in [-0.4, -0.2) is 32.8 Å². The van der Waals surface area contributed by atoms with E-state index in [1.54, 1.807) is 7.11 Å². The molecule has 0 aromatic heterocycles. The fourth-order valence-electron chi connectivity index (χ4n) is 2.37. The number of nitrogens with one attached hydrogen (secondary N) is 1. The Balaban J connectivity index is 1.58. The lowest BCUT2D eigenvalue weighted by atomic mass is 10.0. The largest absolute Gasteiger partial charge is 0.383 e. The Bertz CT molecular complexity index is 188. The van der Waals surface area contributed by atoms with Crippen molar-refractivity contribution >= 4 is 0 Å². The molecule has 82 valence electrons. The molecule has 0 aromatic carbocycles. The fraction of sp³-hybridized carbons (Fsp3) is 1.00. The van der Waals surface area contributed by atoms with Gasteiger partial charge in [-0.1, -0.05) is 0 Å². The third kappa shape index (κ3) is 2.47. The molecule has 14 heavy (non-hydrogen) atoms. The Kier molecular flexibility index (Phi) is 3.10. The van der Waals surface area contributed by atoms with Gasteiger partial charge in [0, 0.05) is 26.2 Å². The van der Waals surface area contributed by atoms with Gasteiger partial charge >= 0.3 is 0 Å². The van der Waals surface area contributed by atoms with Crippen LogP contribution in [0.1, 0.15) is 25.7 Å². The molecular formula is C11H22N2O. The molecule has 0 saturated heterocycles. The van der Waals surface area contributed by atoms with Crippen LogP contribution in [0.3, 0.4) is 0 Å². The first-order valence-electron chi connectivity index (χ1n) is 5.72. The minimum Gasteiger partial charge on any atom is -0.383 e. The monoisotopic (exact) mass is 198 g/mol. The maximum Gasteiger partial charge on any atom is 0.0626 e. The highest BCUT2D eigenvalue weighted by Gasteiger charge is 2.53. The third-order valence-electron chi connectivity index (χ3n) is 3.60. The number of hydrogen-bond acceptors (Lipinski definition) is 3. The molecule has 2 rings (SSSR count). The summed E-state index contributed by atoms with van der Waals surface area (Å²) in [7, 11) is 1.70. The van der Waals surface area contributed by atoms with E-state index in [-0.39, 0.29) is 6.04 Å². The maximum atomic E-state index is 5.84. The van der Waals surface area contributed by atoms with E-state index in [9.17, 15) is 0 Å². The van der Waals surface area contributed by atoms with Crippen LogP contribution in [-0.2, 0) is 4.74 Å². The molecule has 0 spiro atoms. The van der Waals surface area contributed by atoms with E-state index in [1.807, 2.05) is 0 Å².